The SMILES string of the molecule is CCNC(=NCc1ccc(CS(C)(=O)=O)cc1)NCC1(CC)CCCC1.I. The second-order valence-electron chi connectivity index (χ2n) is 7.50. The Hall–Kier alpha value is -0.830. The van der Waals surface area contributed by atoms with E-state index < -0.39 is 9.84 Å². The molecular weight excluding hydrogens is 473 g/mol. The van der Waals surface area contributed by atoms with Crippen LogP contribution in [0.25, 0.3) is 0 Å². The number of benzene rings is 1. The van der Waals surface area contributed by atoms with E-state index in [1.165, 1.54) is 38.4 Å². The average Bonchev–Trinajstić information content (AvgIpc) is 3.07. The molecular formula is C20H34IN3O2S. The van der Waals surface area contributed by atoms with E-state index >= 15 is 0 Å². The van der Waals surface area contributed by atoms with Crippen LogP contribution in [0.4, 0.5) is 0 Å². The van der Waals surface area contributed by atoms with Crippen molar-refractivity contribution in [2.45, 2.75) is 58.2 Å². The van der Waals surface area contributed by atoms with Crippen molar-refractivity contribution in [1.29, 1.82) is 0 Å². The van der Waals surface area contributed by atoms with Gasteiger partial charge in [0.2, 0.25) is 0 Å². The summed E-state index contributed by atoms with van der Waals surface area (Å²) in [6.45, 7) is 6.74. The maximum Gasteiger partial charge on any atom is 0.191 e. The van der Waals surface area contributed by atoms with Crippen molar-refractivity contribution >= 4 is 39.8 Å². The Morgan fingerprint density at radius 1 is 1.07 bits per heavy atom. The molecule has 0 saturated heterocycles. The molecule has 27 heavy (non-hydrogen) atoms. The van der Waals surface area contributed by atoms with Crippen LogP contribution in [0.2, 0.25) is 0 Å². The van der Waals surface area contributed by atoms with Gasteiger partial charge in [-0.05, 0) is 42.7 Å². The summed E-state index contributed by atoms with van der Waals surface area (Å²) < 4.78 is 22.7. The summed E-state index contributed by atoms with van der Waals surface area (Å²) in [6, 6.07) is 7.66. The summed E-state index contributed by atoms with van der Waals surface area (Å²) >= 11 is 0. The molecule has 154 valence electrons. The Morgan fingerprint density at radius 2 is 1.67 bits per heavy atom. The van der Waals surface area contributed by atoms with Crippen LogP contribution < -0.4 is 10.6 Å². The van der Waals surface area contributed by atoms with Gasteiger partial charge in [-0.2, -0.15) is 0 Å². The fourth-order valence-electron chi connectivity index (χ4n) is 3.61. The van der Waals surface area contributed by atoms with Crippen molar-refractivity contribution in [2.75, 3.05) is 19.3 Å². The zero-order valence-corrected chi connectivity index (χ0v) is 19.9. The summed E-state index contributed by atoms with van der Waals surface area (Å²) in [6.07, 6.45) is 7.75. The van der Waals surface area contributed by atoms with Gasteiger partial charge in [-0.1, -0.05) is 44.0 Å². The van der Waals surface area contributed by atoms with Crippen LogP contribution >= 0.6 is 24.0 Å². The minimum Gasteiger partial charge on any atom is -0.357 e. The topological polar surface area (TPSA) is 70.6 Å². The molecule has 0 aliphatic heterocycles. The maximum absolute atomic E-state index is 11.4. The van der Waals surface area contributed by atoms with Crippen molar-refractivity contribution in [3.05, 3.63) is 35.4 Å². The third-order valence-electron chi connectivity index (χ3n) is 5.26. The number of sulfone groups is 1. The summed E-state index contributed by atoms with van der Waals surface area (Å²) in [5.41, 5.74) is 2.31. The number of guanidine groups is 1. The molecule has 0 unspecified atom stereocenters. The number of aliphatic imine (C=N–C) groups is 1. The van der Waals surface area contributed by atoms with E-state index in [4.69, 9.17) is 4.99 Å². The van der Waals surface area contributed by atoms with Crippen LogP contribution in [0.1, 0.15) is 57.1 Å². The molecule has 1 aromatic carbocycles. The largest absolute Gasteiger partial charge is 0.357 e. The molecule has 2 N–H and O–H groups in total. The lowest BCUT2D eigenvalue weighted by Crippen LogP contribution is -2.42. The van der Waals surface area contributed by atoms with Crippen LogP contribution in [-0.2, 0) is 22.1 Å². The van der Waals surface area contributed by atoms with Crippen LogP contribution in [0, 0.1) is 5.41 Å². The summed E-state index contributed by atoms with van der Waals surface area (Å²) in [5.74, 6) is 0.937. The van der Waals surface area contributed by atoms with Gasteiger partial charge in [0, 0.05) is 19.3 Å². The molecule has 1 saturated carbocycles. The Labute approximate surface area is 181 Å². The third kappa shape index (κ3) is 8.37. The van der Waals surface area contributed by atoms with Gasteiger partial charge < -0.3 is 10.6 Å². The van der Waals surface area contributed by atoms with E-state index in [9.17, 15) is 8.42 Å². The molecule has 2 rings (SSSR count). The second-order valence-corrected chi connectivity index (χ2v) is 9.64. The fraction of sp³-hybridized carbons (Fsp3) is 0.650. The Bertz CT molecular complexity index is 696. The first-order valence-electron chi connectivity index (χ1n) is 9.63. The third-order valence-corrected chi connectivity index (χ3v) is 6.12. The Balaban J connectivity index is 0.00000364. The van der Waals surface area contributed by atoms with E-state index in [-0.39, 0.29) is 29.7 Å². The van der Waals surface area contributed by atoms with Gasteiger partial charge in [0.1, 0.15) is 0 Å². The highest BCUT2D eigenvalue weighted by Gasteiger charge is 2.31. The number of hydrogen-bond donors (Lipinski definition) is 2. The lowest BCUT2D eigenvalue weighted by molar-refractivity contribution is 0.283. The highest BCUT2D eigenvalue weighted by atomic mass is 127. The monoisotopic (exact) mass is 507 g/mol. The zero-order valence-electron chi connectivity index (χ0n) is 16.8. The number of nitrogens with zero attached hydrogens (tertiary/aromatic N) is 1. The first-order valence-corrected chi connectivity index (χ1v) is 11.7. The smallest absolute Gasteiger partial charge is 0.191 e. The van der Waals surface area contributed by atoms with E-state index in [0.717, 1.165) is 30.2 Å². The molecule has 1 fully saturated rings. The Morgan fingerprint density at radius 3 is 2.19 bits per heavy atom. The van der Waals surface area contributed by atoms with Crippen molar-refractivity contribution < 1.29 is 8.42 Å². The predicted molar refractivity (Wildman–Crippen MR) is 124 cm³/mol. The van der Waals surface area contributed by atoms with Gasteiger partial charge in [0.15, 0.2) is 15.8 Å². The summed E-state index contributed by atoms with van der Waals surface area (Å²) in [5, 5.41) is 6.85. The first-order chi connectivity index (χ1) is 12.4. The minimum atomic E-state index is -2.99. The van der Waals surface area contributed by atoms with Gasteiger partial charge in [-0.15, -0.1) is 24.0 Å². The highest BCUT2D eigenvalue weighted by molar-refractivity contribution is 14.0. The van der Waals surface area contributed by atoms with Gasteiger partial charge in [-0.25, -0.2) is 13.4 Å². The zero-order chi connectivity index (χ0) is 19.0. The molecule has 1 aliphatic rings. The van der Waals surface area contributed by atoms with Crippen molar-refractivity contribution in [3.8, 4) is 0 Å². The number of nitrogens with one attached hydrogen (secondary N) is 2. The standard InChI is InChI=1S/C20H33N3O2S.HI/c1-4-20(12-6-7-13-20)16-23-19(21-5-2)22-14-17-8-10-18(11-9-17)15-26(3,24)25;/h8-11H,4-7,12-16H2,1-3H3,(H2,21,22,23);1H. The summed E-state index contributed by atoms with van der Waals surface area (Å²) in [4.78, 5) is 4.69. The van der Waals surface area contributed by atoms with E-state index in [1.54, 1.807) is 0 Å². The van der Waals surface area contributed by atoms with Crippen molar-refractivity contribution in [3.63, 3.8) is 0 Å². The van der Waals surface area contributed by atoms with Gasteiger partial charge in [0.25, 0.3) is 0 Å². The van der Waals surface area contributed by atoms with Crippen molar-refractivity contribution in [2.24, 2.45) is 10.4 Å². The normalized spacial score (nSPS) is 16.6. The molecule has 0 amide bonds. The minimum absolute atomic E-state index is 0. The average molecular weight is 507 g/mol. The van der Waals surface area contributed by atoms with Crippen LogP contribution in [0.15, 0.2) is 29.3 Å². The lowest BCUT2D eigenvalue weighted by atomic mass is 9.83. The molecule has 0 heterocycles. The quantitative estimate of drug-likeness (QED) is 0.319. The van der Waals surface area contributed by atoms with Gasteiger partial charge in [0.05, 0.1) is 12.3 Å². The molecule has 1 aliphatic carbocycles. The lowest BCUT2D eigenvalue weighted by Gasteiger charge is -2.28. The Kier molecular flexibility index (Phi) is 10.1. The molecule has 1 aromatic rings. The molecule has 0 bridgehead atoms. The van der Waals surface area contributed by atoms with Gasteiger partial charge >= 0.3 is 0 Å². The fourth-order valence-corrected chi connectivity index (χ4v) is 4.41. The predicted octanol–water partition coefficient (Wildman–Crippen LogP) is 3.87. The molecule has 5 nitrogen and oxygen atoms in total. The first kappa shape index (κ1) is 24.2. The summed E-state index contributed by atoms with van der Waals surface area (Å²) in [7, 11) is -2.99. The second kappa shape index (κ2) is 11.2. The van der Waals surface area contributed by atoms with Crippen molar-refractivity contribution in [1.82, 2.24) is 10.6 Å². The van der Waals surface area contributed by atoms with Crippen LogP contribution in [0.3, 0.4) is 0 Å². The van der Waals surface area contributed by atoms with E-state index in [1.807, 2.05) is 24.3 Å². The van der Waals surface area contributed by atoms with E-state index in [2.05, 4.69) is 24.5 Å². The van der Waals surface area contributed by atoms with E-state index in [0.29, 0.717) is 12.0 Å². The number of rotatable bonds is 8. The molecule has 7 heteroatoms. The molecule has 0 aromatic heterocycles. The van der Waals surface area contributed by atoms with Crippen LogP contribution in [0.5, 0.6) is 0 Å². The number of halogens is 1. The number of hydrogen-bond acceptors (Lipinski definition) is 3. The maximum atomic E-state index is 11.4. The molecule has 0 radical (unpaired) electrons. The molecule has 0 atom stereocenters. The van der Waals surface area contributed by atoms with Gasteiger partial charge in [-0.3, -0.25) is 0 Å². The van der Waals surface area contributed by atoms with Crippen LogP contribution in [-0.4, -0.2) is 33.7 Å². The highest BCUT2D eigenvalue weighted by Crippen LogP contribution is 2.40. The molecule has 0 spiro atoms.